The predicted octanol–water partition coefficient (Wildman–Crippen LogP) is -12.9. The molecule has 3 aliphatic rings. The summed E-state index contributed by atoms with van der Waals surface area (Å²) in [7, 11) is -23.8. The monoisotopic (exact) mass is 2150 g/mol. The van der Waals surface area contributed by atoms with Gasteiger partial charge in [0.25, 0.3) is 11.8 Å². The molecule has 1 saturated heterocycles. The summed E-state index contributed by atoms with van der Waals surface area (Å²) < 4.78 is 263. The van der Waals surface area contributed by atoms with Crippen molar-refractivity contribution in [1.82, 2.24) is 50.3 Å². The van der Waals surface area contributed by atoms with Gasteiger partial charge in [-0.15, -0.1) is 5.06 Å². The molecule has 1 N–H and O–H groups in total. The molecule has 0 spiro atoms. The number of rotatable bonds is 52. The number of nitrogens with zero attached hydrogens (tertiary/aromatic N) is 11. The van der Waals surface area contributed by atoms with Crippen molar-refractivity contribution in [1.29, 1.82) is 0 Å². The number of fused-ring (bicyclic) bond motifs is 20. The van der Waals surface area contributed by atoms with Gasteiger partial charge in [-0.2, -0.15) is 0 Å². The van der Waals surface area contributed by atoms with Gasteiger partial charge in [0.2, 0.25) is 0 Å². The molecule has 0 aliphatic carbocycles. The molecule has 3 aliphatic heterocycles. The first-order valence-corrected chi connectivity index (χ1v) is 58.1. The van der Waals surface area contributed by atoms with Crippen LogP contribution in [-0.4, -0.2) is 322 Å². The molecule has 0 saturated carbocycles. The van der Waals surface area contributed by atoms with Crippen LogP contribution in [0.3, 0.4) is 0 Å². The van der Waals surface area contributed by atoms with Crippen molar-refractivity contribution >= 4 is 155 Å². The van der Waals surface area contributed by atoms with Crippen LogP contribution in [0.15, 0.2) is 54.6 Å². The van der Waals surface area contributed by atoms with Gasteiger partial charge in [-0.05, 0) is 123 Å². The van der Waals surface area contributed by atoms with Crippen LogP contribution < -0.4 is 226 Å². The smallest absolute Gasteiger partial charge is 0.748 e. The van der Waals surface area contributed by atoms with Gasteiger partial charge < -0.3 is 117 Å². The van der Waals surface area contributed by atoms with Crippen molar-refractivity contribution in [2.24, 2.45) is 0 Å². The van der Waals surface area contributed by atoms with E-state index in [4.69, 9.17) is 90.8 Å². The van der Waals surface area contributed by atoms with Crippen LogP contribution in [0.2, 0.25) is 38.3 Å². The van der Waals surface area contributed by atoms with Crippen molar-refractivity contribution in [2.45, 2.75) is 122 Å². The normalized spacial score (nSPS) is 12.9. The van der Waals surface area contributed by atoms with E-state index in [9.17, 15) is 97.0 Å². The molecular formula is C78H104N12Na6O33S6Si3. The van der Waals surface area contributed by atoms with E-state index in [-0.39, 0.29) is 369 Å². The van der Waals surface area contributed by atoms with Crippen LogP contribution in [0.1, 0.15) is 83.5 Å². The zero-order valence-electron chi connectivity index (χ0n) is 80.2. The Morgan fingerprint density at radius 3 is 1.09 bits per heavy atom. The number of benzene rings is 4. The third-order valence-electron chi connectivity index (χ3n) is 21.7. The Morgan fingerprint density at radius 2 is 0.732 bits per heavy atom. The zero-order chi connectivity index (χ0) is 97.0. The molecule has 6 heterocycles. The standard InChI is InChI=1S/C50H45N10O13.C28H64N2O20S6Si3.6Na/c1-65-27-12-14-29(67-3)38-36(27)44-53-42-25-11-10-24(71-21-8-22-72-50(64)51-20-7-9-35(63)73-60-33(61)18-19-34(60)62)23-26(25)43(52-42)54-45-37-28(66-2)13-15-30(68-4)39(37)47(56-45)58-49-41-32(70-6)17-16-31(69-5)40(41)48(59-49)57-46(38)55-44;1-58(2,27-11-19-29(13-5-21-51(31,32)33,14-6-22-52(34,35)36)15-7-23-53(37,38)39)49-57-50-59(3,4)28-12-20-30(16-8-24-54(40,41)42,17-9-25-55(43,44)45)18-10-26-56(46,47)48;;;;;;/h10-17,23H,7-9,18-22H2,1-6H3,(H2-,51,52,53,54,55,56,57,58,59,64);5-28H2,1-4H3,(H4-2,31,32,33,34,35,36,37,38,39,40,41,42,43,44,45,46,47,48);;;;;;/q-1;;6*+1/p-5. The minimum atomic E-state index is -4.61. The molecule has 4 aromatic carbocycles. The number of aromatic nitrogens is 8. The summed E-state index contributed by atoms with van der Waals surface area (Å²) >= 11 is 0. The molecule has 138 heavy (non-hydrogen) atoms. The Kier molecular flexibility index (Phi) is 53.5. The maximum Gasteiger partial charge on any atom is 1.00 e. The van der Waals surface area contributed by atoms with E-state index in [1.807, 2.05) is 26.2 Å². The Morgan fingerprint density at radius 1 is 0.413 bits per heavy atom. The summed E-state index contributed by atoms with van der Waals surface area (Å²) in [6, 6.07) is 16.9. The van der Waals surface area contributed by atoms with E-state index in [1.54, 1.807) is 97.3 Å². The third-order valence-corrected chi connectivity index (χ3v) is 34.6. The first-order valence-electron chi connectivity index (χ1n) is 41.6. The second-order valence-corrected chi connectivity index (χ2v) is 51.4. The molecule has 0 atom stereocenters. The molecule has 10 rings (SSSR count). The van der Waals surface area contributed by atoms with Crippen LogP contribution in [0.5, 0.6) is 40.2 Å². The van der Waals surface area contributed by atoms with E-state index in [0.29, 0.717) is 120 Å². The predicted molar refractivity (Wildman–Crippen MR) is 475 cm³/mol. The Balaban J connectivity index is 0.000000699. The fourth-order valence-electron chi connectivity index (χ4n) is 15.5. The maximum absolute atomic E-state index is 12.4. The summed E-state index contributed by atoms with van der Waals surface area (Å²) in [5.74, 6) is -2.26. The number of hydrogen-bond acceptors (Lipinski definition) is 39. The van der Waals surface area contributed by atoms with Gasteiger partial charge in [0.1, 0.15) is 40.2 Å². The topological polar surface area (TPSA) is 634 Å². The summed E-state index contributed by atoms with van der Waals surface area (Å²) in [4.78, 5) is 93.0. The first kappa shape index (κ1) is 129. The van der Waals surface area contributed by atoms with Crippen LogP contribution in [0.4, 0.5) is 4.79 Å². The van der Waals surface area contributed by atoms with Gasteiger partial charge in [-0.25, -0.2) is 75.0 Å². The van der Waals surface area contributed by atoms with Gasteiger partial charge in [0, 0.05) is 139 Å². The number of quaternary nitrogens is 2. The average molecular weight is 2150 g/mol. The van der Waals surface area contributed by atoms with Crippen molar-refractivity contribution in [3.63, 3.8) is 0 Å². The molecule has 0 unspecified atom stereocenters. The fourth-order valence-corrected chi connectivity index (χ4v) is 23.6. The number of ether oxygens (including phenoxy) is 8. The molecular weight excluding hydrogens is 2050 g/mol. The largest absolute Gasteiger partial charge is 1.00 e. The number of imide groups is 1. The van der Waals surface area contributed by atoms with E-state index in [2.05, 4.69) is 5.32 Å². The third kappa shape index (κ3) is 39.7. The summed E-state index contributed by atoms with van der Waals surface area (Å²) in [6.07, 6.45) is -0.209. The van der Waals surface area contributed by atoms with E-state index in [0.717, 1.165) is 0 Å². The van der Waals surface area contributed by atoms with Gasteiger partial charge in [0.15, 0.2) is 28.3 Å². The summed E-state index contributed by atoms with van der Waals surface area (Å²) in [6.45, 7) is 8.68. The number of carbonyl (C=O) groups is 4. The van der Waals surface area contributed by atoms with Crippen LogP contribution in [-0.2, 0) is 92.9 Å². The first-order chi connectivity index (χ1) is 61.9. The molecule has 45 nitrogen and oxygen atoms in total. The minimum absolute atomic E-state index is 0. The quantitative estimate of drug-likeness (QED) is 0.0122. The number of hydrogen-bond donors (Lipinski definition) is 1. The van der Waals surface area contributed by atoms with Crippen LogP contribution in [0.25, 0.3) is 89.7 Å². The van der Waals surface area contributed by atoms with Gasteiger partial charge in [0.05, 0.1) is 203 Å². The van der Waals surface area contributed by atoms with Crippen LogP contribution >= 0.6 is 0 Å². The number of hydroxylamine groups is 2. The Hall–Kier alpha value is -3.33. The van der Waals surface area contributed by atoms with E-state index in [1.165, 1.54) is 0 Å². The van der Waals surface area contributed by atoms with Crippen molar-refractivity contribution < 1.29 is 334 Å². The second kappa shape index (κ2) is 57.3. The Bertz CT molecular complexity index is 5950. The van der Waals surface area contributed by atoms with Crippen LogP contribution in [0, 0.1) is 0 Å². The molecule has 1 fully saturated rings. The van der Waals surface area contributed by atoms with Crippen molar-refractivity contribution in [2.75, 3.05) is 149 Å². The SMILES string of the molecule is COc1ccc(OC)c2c1-c1nc3nc(nc4[n-]c(nc5[n-]c(nc-2n1)c1ccc(OCCCOC(=O)NCCCC(=O)ON2C(=O)CCC2=O)cc51)c1c(OC)ccc(OC)c41)-c1c(OC)ccc(OC)c1-3.C[Si](C)(CCC[N+](CCCS(=O)(=O)[O-])(CCCS(=O)(=O)[O-])CCCS(=O)(=O)[O-])O[Si]O[Si](C)(C)CCC[N+](CCCS(=O)(=O)[O-])(CCCS(=O)(=O)[O-])CCCS(=O)(=O)[O-].[Na+].[Na+].[Na+].[Na+].[Na+].[Na+]. The van der Waals surface area contributed by atoms with E-state index < -0.39 is 146 Å². The number of carbonyl (C=O) groups excluding carboxylic acids is 4. The average Bonchev–Trinajstić information content (AvgIpc) is 1.58. The number of alkyl carbamates (subject to hydrolysis) is 1. The molecule has 60 heteroatoms. The molecule has 3 amide bonds. The second-order valence-electron chi connectivity index (χ2n) is 32.4. The van der Waals surface area contributed by atoms with Gasteiger partial charge in [-0.1, -0.05) is 0 Å². The molecule has 728 valence electrons. The summed E-state index contributed by atoms with van der Waals surface area (Å²) in [5.41, 5.74) is 2.88. The van der Waals surface area contributed by atoms with Crippen molar-refractivity contribution in [3.8, 4) is 85.8 Å². The minimum Gasteiger partial charge on any atom is -0.748 e. The molecule has 3 aromatic heterocycles. The molecule has 8 bridgehead atoms. The zero-order valence-corrected chi connectivity index (χ0v) is 100. The number of nitrogens with one attached hydrogen (secondary N) is 1. The van der Waals surface area contributed by atoms with E-state index >= 15 is 0 Å². The Labute approximate surface area is 939 Å². The van der Waals surface area contributed by atoms with Crippen molar-refractivity contribution in [3.05, 3.63) is 54.6 Å². The molecule has 7 aromatic rings. The van der Waals surface area contributed by atoms with Gasteiger partial charge >= 0.3 is 199 Å². The fraction of sp³-hybridized carbons (Fsp3) is 0.538. The number of amides is 3. The van der Waals surface area contributed by atoms with Gasteiger partial charge in [-0.3, -0.25) is 9.59 Å². The summed E-state index contributed by atoms with van der Waals surface area (Å²) in [5, 5.41) is 5.15. The maximum atomic E-state index is 12.4. The number of methoxy groups -OCH3 is 6. The molecule has 2 radical (unpaired) electrons.